The Morgan fingerprint density at radius 2 is 1.00 bits per heavy atom. The molecule has 0 heterocycles. The van der Waals surface area contributed by atoms with Crippen LogP contribution in [0.5, 0.6) is 0 Å². The topological polar surface area (TPSA) is 24.7 Å². The van der Waals surface area contributed by atoms with Crippen LogP contribution in [0.2, 0.25) is 0 Å². The standard InChI is InChI=1S/C15H30N2/c1-3-5-7-9-11-13-16-15-17-14-12-10-8-6-4-2/h3-14H2,1-2H3. The fourth-order valence-electron chi connectivity index (χ4n) is 1.74. The Morgan fingerprint density at radius 3 is 1.41 bits per heavy atom. The zero-order valence-electron chi connectivity index (χ0n) is 11.9. The fraction of sp³-hybridized carbons (Fsp3) is 0.933. The van der Waals surface area contributed by atoms with Crippen LogP contribution in [-0.4, -0.2) is 19.1 Å². The van der Waals surface area contributed by atoms with Crippen molar-refractivity contribution in [3.05, 3.63) is 0 Å². The second kappa shape index (κ2) is 15.4. The van der Waals surface area contributed by atoms with Gasteiger partial charge in [-0.3, -0.25) is 0 Å². The smallest absolute Gasteiger partial charge is 0.0892 e. The van der Waals surface area contributed by atoms with E-state index in [4.69, 9.17) is 0 Å². The summed E-state index contributed by atoms with van der Waals surface area (Å²) in [4.78, 5) is 8.37. The lowest BCUT2D eigenvalue weighted by Gasteiger charge is -1.95. The van der Waals surface area contributed by atoms with Crippen LogP contribution in [0.4, 0.5) is 0 Å². The molecule has 0 aliphatic heterocycles. The fourth-order valence-corrected chi connectivity index (χ4v) is 1.74. The van der Waals surface area contributed by atoms with E-state index in [2.05, 4.69) is 29.8 Å². The Kier molecular flexibility index (Phi) is 14.8. The number of hydrogen-bond acceptors (Lipinski definition) is 2. The van der Waals surface area contributed by atoms with Crippen molar-refractivity contribution in [2.45, 2.75) is 78.1 Å². The minimum absolute atomic E-state index is 0.906. The molecule has 0 bridgehead atoms. The van der Waals surface area contributed by atoms with Crippen LogP contribution in [0.15, 0.2) is 9.98 Å². The molecule has 0 unspecified atom stereocenters. The van der Waals surface area contributed by atoms with Gasteiger partial charge in [0, 0.05) is 13.1 Å². The lowest BCUT2D eigenvalue weighted by Crippen LogP contribution is -1.83. The molecule has 0 fully saturated rings. The molecular weight excluding hydrogens is 208 g/mol. The maximum Gasteiger partial charge on any atom is 0.0892 e. The maximum absolute atomic E-state index is 4.19. The Morgan fingerprint density at radius 1 is 0.588 bits per heavy atom. The van der Waals surface area contributed by atoms with E-state index in [0.717, 1.165) is 13.1 Å². The number of aliphatic imine (C=N–C) groups is 2. The van der Waals surface area contributed by atoms with Crippen molar-refractivity contribution in [1.82, 2.24) is 0 Å². The van der Waals surface area contributed by atoms with Crippen LogP contribution in [-0.2, 0) is 0 Å². The maximum atomic E-state index is 4.19. The van der Waals surface area contributed by atoms with Gasteiger partial charge in [-0.15, -0.1) is 0 Å². The van der Waals surface area contributed by atoms with Gasteiger partial charge in [-0.2, -0.15) is 0 Å². The van der Waals surface area contributed by atoms with E-state index < -0.39 is 0 Å². The van der Waals surface area contributed by atoms with Gasteiger partial charge in [-0.25, -0.2) is 9.98 Å². The zero-order valence-corrected chi connectivity index (χ0v) is 11.9. The molecule has 0 spiro atoms. The number of nitrogens with zero attached hydrogens (tertiary/aromatic N) is 2. The van der Waals surface area contributed by atoms with E-state index in [1.807, 2.05) is 0 Å². The molecule has 0 radical (unpaired) electrons. The lowest BCUT2D eigenvalue weighted by molar-refractivity contribution is 0.636. The van der Waals surface area contributed by atoms with Gasteiger partial charge in [0.25, 0.3) is 0 Å². The first-order valence-electron chi connectivity index (χ1n) is 7.49. The molecule has 0 rings (SSSR count). The monoisotopic (exact) mass is 238 g/mol. The lowest BCUT2D eigenvalue weighted by atomic mass is 10.1. The van der Waals surface area contributed by atoms with Gasteiger partial charge in [0.15, 0.2) is 0 Å². The first-order chi connectivity index (χ1) is 8.41. The van der Waals surface area contributed by atoms with Crippen LogP contribution in [0.1, 0.15) is 78.1 Å². The van der Waals surface area contributed by atoms with Crippen molar-refractivity contribution in [2.24, 2.45) is 9.98 Å². The summed E-state index contributed by atoms with van der Waals surface area (Å²) in [5, 5.41) is 0. The Bertz CT molecular complexity index is 175. The zero-order chi connectivity index (χ0) is 12.6. The summed E-state index contributed by atoms with van der Waals surface area (Å²) in [6.45, 7) is 6.29. The molecule has 0 aromatic carbocycles. The quantitative estimate of drug-likeness (QED) is 0.334. The van der Waals surface area contributed by atoms with E-state index in [1.54, 1.807) is 0 Å². The summed E-state index contributed by atoms with van der Waals surface area (Å²) in [5.74, 6) is 0. The van der Waals surface area contributed by atoms with Crippen molar-refractivity contribution in [1.29, 1.82) is 0 Å². The molecule has 0 aliphatic carbocycles. The van der Waals surface area contributed by atoms with Crippen LogP contribution in [0.25, 0.3) is 0 Å². The van der Waals surface area contributed by atoms with Gasteiger partial charge in [-0.05, 0) is 12.8 Å². The highest BCUT2D eigenvalue weighted by molar-refractivity contribution is 5.40. The molecule has 0 aliphatic rings. The summed E-state index contributed by atoms with van der Waals surface area (Å²) >= 11 is 0. The highest BCUT2D eigenvalue weighted by atomic mass is 14.8. The largest absolute Gasteiger partial charge is 0.226 e. The Balaban J connectivity index is 3.15. The van der Waals surface area contributed by atoms with Crippen molar-refractivity contribution in [3.8, 4) is 0 Å². The predicted octanol–water partition coefficient (Wildman–Crippen LogP) is 5.10. The van der Waals surface area contributed by atoms with Gasteiger partial charge in [0.05, 0.1) is 6.01 Å². The molecule has 100 valence electrons. The number of rotatable bonds is 12. The first-order valence-corrected chi connectivity index (χ1v) is 7.49. The Labute approximate surface area is 108 Å². The third-order valence-corrected chi connectivity index (χ3v) is 2.89. The van der Waals surface area contributed by atoms with Crippen molar-refractivity contribution in [2.75, 3.05) is 13.1 Å². The van der Waals surface area contributed by atoms with Gasteiger partial charge >= 0.3 is 0 Å². The molecule has 0 aromatic heterocycles. The summed E-state index contributed by atoms with van der Waals surface area (Å²) in [6.07, 6.45) is 13.0. The minimum Gasteiger partial charge on any atom is -0.226 e. The second-order valence-corrected chi connectivity index (χ2v) is 4.69. The second-order valence-electron chi connectivity index (χ2n) is 4.69. The number of hydrogen-bond donors (Lipinski definition) is 0. The van der Waals surface area contributed by atoms with Crippen molar-refractivity contribution in [3.63, 3.8) is 0 Å². The third-order valence-electron chi connectivity index (χ3n) is 2.89. The van der Waals surface area contributed by atoms with Gasteiger partial charge in [0.2, 0.25) is 0 Å². The molecular formula is C15H30N2. The third kappa shape index (κ3) is 15.4. The van der Waals surface area contributed by atoms with Crippen LogP contribution >= 0.6 is 0 Å². The van der Waals surface area contributed by atoms with E-state index in [0.29, 0.717) is 0 Å². The minimum atomic E-state index is 0.906. The Hall–Kier alpha value is -0.620. The van der Waals surface area contributed by atoms with E-state index >= 15 is 0 Å². The summed E-state index contributed by atoms with van der Waals surface area (Å²) < 4.78 is 0. The molecule has 0 aromatic rings. The average Bonchev–Trinajstić information content (AvgIpc) is 2.35. The SMILES string of the molecule is CCCCCCCN=C=NCCCCCCC. The normalized spacial score (nSPS) is 10.0. The molecule has 0 N–H and O–H groups in total. The van der Waals surface area contributed by atoms with Gasteiger partial charge in [-0.1, -0.05) is 65.2 Å². The van der Waals surface area contributed by atoms with Crippen LogP contribution < -0.4 is 0 Å². The predicted molar refractivity (Wildman–Crippen MR) is 77.1 cm³/mol. The van der Waals surface area contributed by atoms with E-state index in [1.165, 1.54) is 64.2 Å². The summed E-state index contributed by atoms with van der Waals surface area (Å²) in [7, 11) is 0. The molecule has 0 saturated carbocycles. The molecule has 0 amide bonds. The van der Waals surface area contributed by atoms with Gasteiger partial charge < -0.3 is 0 Å². The summed E-state index contributed by atoms with van der Waals surface area (Å²) in [6, 6.07) is 2.82. The first kappa shape index (κ1) is 16.4. The molecule has 0 saturated heterocycles. The highest BCUT2D eigenvalue weighted by Gasteiger charge is 1.87. The molecule has 2 heteroatoms. The van der Waals surface area contributed by atoms with Crippen molar-refractivity contribution >= 4 is 6.01 Å². The highest BCUT2D eigenvalue weighted by Crippen LogP contribution is 2.02. The molecule has 2 nitrogen and oxygen atoms in total. The average molecular weight is 238 g/mol. The summed E-state index contributed by atoms with van der Waals surface area (Å²) in [5.41, 5.74) is 0. The van der Waals surface area contributed by atoms with Gasteiger partial charge in [0.1, 0.15) is 0 Å². The van der Waals surface area contributed by atoms with Crippen molar-refractivity contribution < 1.29 is 0 Å². The van der Waals surface area contributed by atoms with Crippen LogP contribution in [0.3, 0.4) is 0 Å². The molecule has 0 atom stereocenters. The molecule has 17 heavy (non-hydrogen) atoms. The number of unbranched alkanes of at least 4 members (excludes halogenated alkanes) is 8. The van der Waals surface area contributed by atoms with E-state index in [-0.39, 0.29) is 0 Å². The van der Waals surface area contributed by atoms with Crippen LogP contribution in [0, 0.1) is 0 Å². The van der Waals surface area contributed by atoms with E-state index in [9.17, 15) is 0 Å².